The van der Waals surface area contributed by atoms with E-state index in [4.69, 9.17) is 0 Å². The molecule has 0 amide bonds. The van der Waals surface area contributed by atoms with Gasteiger partial charge in [-0.25, -0.2) is 4.98 Å². The summed E-state index contributed by atoms with van der Waals surface area (Å²) >= 11 is 0. The fraction of sp³-hybridized carbons (Fsp3) is 0.462. The summed E-state index contributed by atoms with van der Waals surface area (Å²) in [7, 11) is 0. The van der Waals surface area contributed by atoms with Gasteiger partial charge < -0.3 is 4.98 Å². The lowest BCUT2D eigenvalue weighted by atomic mass is 10.1. The minimum absolute atomic E-state index is 0.377. The van der Waals surface area contributed by atoms with Crippen molar-refractivity contribution in [2.45, 2.75) is 32.4 Å². The maximum absolute atomic E-state index is 4.60. The van der Waals surface area contributed by atoms with Crippen LogP contribution in [0.4, 0.5) is 0 Å². The van der Waals surface area contributed by atoms with Crippen molar-refractivity contribution in [2.24, 2.45) is 0 Å². The summed E-state index contributed by atoms with van der Waals surface area (Å²) in [6.45, 7) is 3.94. The van der Waals surface area contributed by atoms with Gasteiger partial charge in [-0.15, -0.1) is 0 Å². The molecule has 0 spiro atoms. The fourth-order valence-electron chi connectivity index (χ4n) is 2.57. The van der Waals surface area contributed by atoms with Crippen LogP contribution in [0.3, 0.4) is 0 Å². The van der Waals surface area contributed by atoms with Crippen LogP contribution in [0.1, 0.15) is 36.1 Å². The largest absolute Gasteiger partial charge is 0.348 e. The zero-order chi connectivity index (χ0) is 12.4. The van der Waals surface area contributed by atoms with Crippen molar-refractivity contribution in [3.05, 3.63) is 42.0 Å². The summed E-state index contributed by atoms with van der Waals surface area (Å²) in [5, 5.41) is 0. The molecule has 5 heteroatoms. The molecule has 1 aliphatic rings. The molecular weight excluding hydrogens is 226 g/mol. The van der Waals surface area contributed by atoms with Crippen LogP contribution in [-0.4, -0.2) is 31.4 Å². The zero-order valence-electron chi connectivity index (χ0n) is 10.5. The highest BCUT2D eigenvalue weighted by Gasteiger charge is 2.27. The number of nitrogens with one attached hydrogen (secondary N) is 1. The standard InChI is InChI=1S/C13H17N5/c1-10-7-14-8-11(17-10)12-3-2-6-18(12)9-13-15-4-5-16-13/h4-5,7-8,12H,2-3,6,9H2,1H3,(H,15,16). The number of aryl methyl sites for hydroxylation is 1. The van der Waals surface area contributed by atoms with E-state index in [1.165, 1.54) is 6.42 Å². The second kappa shape index (κ2) is 4.86. The second-order valence-electron chi connectivity index (χ2n) is 4.75. The first-order valence-electron chi connectivity index (χ1n) is 6.34. The Morgan fingerprint density at radius 2 is 2.39 bits per heavy atom. The predicted octanol–water partition coefficient (Wildman–Crippen LogP) is 1.85. The number of aromatic amines is 1. The lowest BCUT2D eigenvalue weighted by Gasteiger charge is -2.22. The molecule has 1 aliphatic heterocycles. The molecule has 0 aromatic carbocycles. The van der Waals surface area contributed by atoms with Gasteiger partial charge in [-0.1, -0.05) is 0 Å². The highest BCUT2D eigenvalue weighted by Crippen LogP contribution is 2.31. The Morgan fingerprint density at radius 3 is 3.17 bits per heavy atom. The van der Waals surface area contributed by atoms with E-state index in [1.54, 1.807) is 12.4 Å². The van der Waals surface area contributed by atoms with Gasteiger partial charge in [-0.2, -0.15) is 0 Å². The monoisotopic (exact) mass is 243 g/mol. The van der Waals surface area contributed by atoms with Crippen molar-refractivity contribution < 1.29 is 0 Å². The summed E-state index contributed by atoms with van der Waals surface area (Å²) < 4.78 is 0. The summed E-state index contributed by atoms with van der Waals surface area (Å²) in [6.07, 6.45) is 9.72. The lowest BCUT2D eigenvalue weighted by molar-refractivity contribution is 0.238. The van der Waals surface area contributed by atoms with E-state index < -0.39 is 0 Å². The molecule has 5 nitrogen and oxygen atoms in total. The molecule has 3 heterocycles. The average molecular weight is 243 g/mol. The van der Waals surface area contributed by atoms with Gasteiger partial charge >= 0.3 is 0 Å². The smallest absolute Gasteiger partial charge is 0.120 e. The molecule has 1 fully saturated rings. The molecule has 0 aliphatic carbocycles. The predicted molar refractivity (Wildman–Crippen MR) is 67.7 cm³/mol. The number of hydrogen-bond acceptors (Lipinski definition) is 4. The van der Waals surface area contributed by atoms with Crippen LogP contribution in [0.2, 0.25) is 0 Å². The Balaban J connectivity index is 1.79. The fourth-order valence-corrected chi connectivity index (χ4v) is 2.57. The highest BCUT2D eigenvalue weighted by molar-refractivity contribution is 5.09. The van der Waals surface area contributed by atoms with Crippen LogP contribution in [0.15, 0.2) is 24.8 Å². The maximum atomic E-state index is 4.60. The van der Waals surface area contributed by atoms with E-state index in [1.807, 2.05) is 19.3 Å². The maximum Gasteiger partial charge on any atom is 0.120 e. The quantitative estimate of drug-likeness (QED) is 0.893. The van der Waals surface area contributed by atoms with Gasteiger partial charge in [0, 0.05) is 24.8 Å². The molecule has 0 radical (unpaired) electrons. The van der Waals surface area contributed by atoms with Gasteiger partial charge in [-0.3, -0.25) is 14.9 Å². The summed E-state index contributed by atoms with van der Waals surface area (Å²) in [5.74, 6) is 1.02. The first-order chi connectivity index (χ1) is 8.83. The Morgan fingerprint density at radius 1 is 1.44 bits per heavy atom. The van der Waals surface area contributed by atoms with Gasteiger partial charge in [0.2, 0.25) is 0 Å². The summed E-state index contributed by atoms with van der Waals surface area (Å²) in [5.41, 5.74) is 2.07. The van der Waals surface area contributed by atoms with E-state index in [2.05, 4.69) is 24.8 Å². The molecule has 94 valence electrons. The highest BCUT2D eigenvalue weighted by atomic mass is 15.2. The van der Waals surface area contributed by atoms with Crippen molar-refractivity contribution in [3.63, 3.8) is 0 Å². The third-order valence-electron chi connectivity index (χ3n) is 3.39. The SMILES string of the molecule is Cc1cncc(C2CCCN2Cc2ncc[nH]2)n1. The molecule has 1 N–H and O–H groups in total. The summed E-state index contributed by atoms with van der Waals surface area (Å²) in [6, 6.07) is 0.377. The zero-order valence-corrected chi connectivity index (χ0v) is 10.5. The minimum atomic E-state index is 0.377. The molecule has 2 aromatic heterocycles. The van der Waals surface area contributed by atoms with Crippen molar-refractivity contribution in [2.75, 3.05) is 6.54 Å². The normalized spacial score (nSPS) is 20.4. The molecule has 1 atom stereocenters. The Kier molecular flexibility index (Phi) is 3.06. The van der Waals surface area contributed by atoms with Crippen LogP contribution >= 0.6 is 0 Å². The van der Waals surface area contributed by atoms with E-state index in [0.717, 1.165) is 36.7 Å². The van der Waals surface area contributed by atoms with E-state index >= 15 is 0 Å². The van der Waals surface area contributed by atoms with Crippen LogP contribution in [-0.2, 0) is 6.54 Å². The third kappa shape index (κ3) is 2.26. The second-order valence-corrected chi connectivity index (χ2v) is 4.75. The molecule has 2 aromatic rings. The number of nitrogens with zero attached hydrogens (tertiary/aromatic N) is 4. The van der Waals surface area contributed by atoms with Crippen molar-refractivity contribution in [3.8, 4) is 0 Å². The van der Waals surface area contributed by atoms with Crippen LogP contribution < -0.4 is 0 Å². The first-order valence-corrected chi connectivity index (χ1v) is 6.34. The summed E-state index contributed by atoms with van der Waals surface area (Å²) in [4.78, 5) is 18.7. The van der Waals surface area contributed by atoms with E-state index in [0.29, 0.717) is 6.04 Å². The van der Waals surface area contributed by atoms with Gasteiger partial charge in [0.1, 0.15) is 5.82 Å². The first kappa shape index (κ1) is 11.3. The van der Waals surface area contributed by atoms with Gasteiger partial charge in [0.25, 0.3) is 0 Å². The van der Waals surface area contributed by atoms with Gasteiger partial charge in [0.05, 0.1) is 24.0 Å². The van der Waals surface area contributed by atoms with Crippen molar-refractivity contribution >= 4 is 0 Å². The van der Waals surface area contributed by atoms with Gasteiger partial charge in [0.15, 0.2) is 0 Å². The number of rotatable bonds is 3. The molecule has 1 unspecified atom stereocenters. The molecular formula is C13H17N5. The van der Waals surface area contributed by atoms with Crippen LogP contribution in [0.5, 0.6) is 0 Å². The van der Waals surface area contributed by atoms with Crippen LogP contribution in [0, 0.1) is 6.92 Å². The Labute approximate surface area is 106 Å². The number of hydrogen-bond donors (Lipinski definition) is 1. The average Bonchev–Trinajstić information content (AvgIpc) is 3.01. The molecule has 0 saturated carbocycles. The Hall–Kier alpha value is -1.75. The molecule has 1 saturated heterocycles. The molecule has 18 heavy (non-hydrogen) atoms. The topological polar surface area (TPSA) is 57.7 Å². The molecule has 0 bridgehead atoms. The van der Waals surface area contributed by atoms with Crippen molar-refractivity contribution in [1.29, 1.82) is 0 Å². The third-order valence-corrected chi connectivity index (χ3v) is 3.39. The van der Waals surface area contributed by atoms with Crippen LogP contribution in [0.25, 0.3) is 0 Å². The number of imidazole rings is 1. The number of aromatic nitrogens is 4. The Bertz CT molecular complexity index is 508. The van der Waals surface area contributed by atoms with Gasteiger partial charge in [-0.05, 0) is 26.3 Å². The number of likely N-dealkylation sites (tertiary alicyclic amines) is 1. The molecule has 3 rings (SSSR count). The minimum Gasteiger partial charge on any atom is -0.348 e. The number of H-pyrrole nitrogens is 1. The van der Waals surface area contributed by atoms with E-state index in [9.17, 15) is 0 Å². The lowest BCUT2D eigenvalue weighted by Crippen LogP contribution is -2.24. The van der Waals surface area contributed by atoms with Crippen molar-refractivity contribution in [1.82, 2.24) is 24.8 Å². The van der Waals surface area contributed by atoms with E-state index in [-0.39, 0.29) is 0 Å².